The van der Waals surface area contributed by atoms with Crippen LogP contribution >= 0.6 is 24.0 Å². The molecule has 4 rings (SSSR count). The minimum absolute atomic E-state index is 0.0669. The van der Waals surface area contributed by atoms with E-state index in [9.17, 15) is 4.79 Å². The highest BCUT2D eigenvalue weighted by molar-refractivity contribution is 8.27. The van der Waals surface area contributed by atoms with Crippen LogP contribution in [0.25, 0.3) is 11.8 Å². The molecule has 0 N–H and O–H groups in total. The van der Waals surface area contributed by atoms with E-state index >= 15 is 0 Å². The Morgan fingerprint density at radius 2 is 1.69 bits per heavy atom. The monoisotopic (exact) mass is 418 g/mol. The molecule has 0 bridgehead atoms. The number of carbonyl (C=O) groups is 1. The molecule has 1 aliphatic rings. The van der Waals surface area contributed by atoms with Crippen molar-refractivity contribution in [2.45, 2.75) is 27.7 Å². The Hall–Kier alpha value is -2.63. The van der Waals surface area contributed by atoms with Gasteiger partial charge in [0.15, 0.2) is 4.32 Å². The molecule has 3 aromatic rings. The van der Waals surface area contributed by atoms with Crippen LogP contribution in [0.2, 0.25) is 0 Å². The van der Waals surface area contributed by atoms with Gasteiger partial charge in [0.05, 0.1) is 10.6 Å². The number of hydrogen-bond donors (Lipinski definition) is 0. The highest BCUT2D eigenvalue weighted by atomic mass is 32.2. The smallest absolute Gasteiger partial charge is 0.270 e. The lowest BCUT2D eigenvalue weighted by Crippen LogP contribution is -2.27. The minimum Gasteiger partial charge on any atom is -0.318 e. The Kier molecular flexibility index (Phi) is 5.19. The van der Waals surface area contributed by atoms with E-state index in [2.05, 4.69) is 56.5 Å². The summed E-state index contributed by atoms with van der Waals surface area (Å²) in [5, 5.41) is 0. The molecule has 0 saturated carbocycles. The molecular weight excluding hydrogens is 396 g/mol. The topological polar surface area (TPSA) is 25.2 Å². The molecular formula is C24H22N2OS2. The van der Waals surface area contributed by atoms with Crippen molar-refractivity contribution < 1.29 is 4.79 Å². The molecule has 0 unspecified atom stereocenters. The highest BCUT2D eigenvalue weighted by Crippen LogP contribution is 2.37. The predicted octanol–water partition coefficient (Wildman–Crippen LogP) is 6.12. The third-order valence-corrected chi connectivity index (χ3v) is 6.68. The van der Waals surface area contributed by atoms with Crippen molar-refractivity contribution in [2.75, 3.05) is 4.90 Å². The number of hydrogen-bond acceptors (Lipinski definition) is 3. The number of aromatic nitrogens is 1. The molecule has 1 aromatic heterocycles. The first-order chi connectivity index (χ1) is 13.9. The van der Waals surface area contributed by atoms with Crippen LogP contribution in [0.4, 0.5) is 5.69 Å². The van der Waals surface area contributed by atoms with Gasteiger partial charge in [-0.05, 0) is 74.7 Å². The number of amides is 1. The van der Waals surface area contributed by atoms with E-state index in [1.807, 2.05) is 36.4 Å². The zero-order valence-corrected chi connectivity index (χ0v) is 18.5. The summed E-state index contributed by atoms with van der Waals surface area (Å²) in [5.74, 6) is -0.0669. The Balaban J connectivity index is 1.74. The Labute approximate surface area is 181 Å². The van der Waals surface area contributed by atoms with Gasteiger partial charge in [-0.2, -0.15) is 0 Å². The van der Waals surface area contributed by atoms with Crippen LogP contribution in [0, 0.1) is 27.7 Å². The second kappa shape index (κ2) is 7.65. The summed E-state index contributed by atoms with van der Waals surface area (Å²) >= 11 is 6.84. The molecule has 29 heavy (non-hydrogen) atoms. The summed E-state index contributed by atoms with van der Waals surface area (Å²) in [6.45, 7) is 8.47. The molecule has 0 atom stereocenters. The quantitative estimate of drug-likeness (QED) is 0.379. The maximum Gasteiger partial charge on any atom is 0.270 e. The first-order valence-corrected chi connectivity index (χ1v) is 10.7. The molecule has 3 nitrogen and oxygen atoms in total. The van der Waals surface area contributed by atoms with Crippen LogP contribution in [0.1, 0.15) is 28.1 Å². The lowest BCUT2D eigenvalue weighted by molar-refractivity contribution is -0.113. The molecule has 2 heterocycles. The Bertz CT molecular complexity index is 1160. The summed E-state index contributed by atoms with van der Waals surface area (Å²) in [7, 11) is 0. The average Bonchev–Trinajstić information content (AvgIpc) is 3.13. The van der Waals surface area contributed by atoms with Gasteiger partial charge in [-0.3, -0.25) is 9.69 Å². The summed E-state index contributed by atoms with van der Waals surface area (Å²) in [4.78, 5) is 15.3. The molecule has 0 radical (unpaired) electrons. The van der Waals surface area contributed by atoms with Crippen molar-refractivity contribution in [3.63, 3.8) is 0 Å². The van der Waals surface area contributed by atoms with Crippen LogP contribution in [0.15, 0.2) is 59.5 Å². The molecule has 1 saturated heterocycles. The van der Waals surface area contributed by atoms with E-state index in [0.29, 0.717) is 9.23 Å². The highest BCUT2D eigenvalue weighted by Gasteiger charge is 2.33. The lowest BCUT2D eigenvalue weighted by atomic mass is 10.1. The normalized spacial score (nSPS) is 15.6. The molecule has 2 aromatic carbocycles. The molecule has 1 amide bonds. The number of para-hydroxylation sites is 1. The third-order valence-electron chi connectivity index (χ3n) is 5.38. The number of anilines is 1. The van der Waals surface area contributed by atoms with Crippen LogP contribution in [0.3, 0.4) is 0 Å². The van der Waals surface area contributed by atoms with Crippen molar-refractivity contribution in [3.05, 3.63) is 87.6 Å². The average molecular weight is 419 g/mol. The van der Waals surface area contributed by atoms with Gasteiger partial charge in [-0.1, -0.05) is 54.3 Å². The molecule has 0 spiro atoms. The fourth-order valence-corrected chi connectivity index (χ4v) is 4.98. The Morgan fingerprint density at radius 1 is 0.966 bits per heavy atom. The van der Waals surface area contributed by atoms with E-state index in [1.54, 1.807) is 4.90 Å². The zero-order chi connectivity index (χ0) is 20.7. The fourth-order valence-electron chi connectivity index (χ4n) is 3.69. The fraction of sp³-hybridized carbons (Fsp3) is 0.167. The second-order valence-corrected chi connectivity index (χ2v) is 8.91. The molecule has 146 valence electrons. The number of carbonyl (C=O) groups excluding carboxylic acids is 1. The number of rotatable bonds is 3. The van der Waals surface area contributed by atoms with E-state index in [4.69, 9.17) is 12.2 Å². The molecule has 1 aliphatic heterocycles. The molecule has 1 fully saturated rings. The standard InChI is InChI=1S/C24H22N2OS2/c1-15-9-8-12-21(17(15)3)25-16(2)13-19(18(25)4)14-22-23(27)26(24(28)29-22)20-10-6-5-7-11-20/h5-14H,1-4H3. The summed E-state index contributed by atoms with van der Waals surface area (Å²) < 4.78 is 2.82. The van der Waals surface area contributed by atoms with Gasteiger partial charge in [0.25, 0.3) is 5.91 Å². The second-order valence-electron chi connectivity index (χ2n) is 7.23. The zero-order valence-electron chi connectivity index (χ0n) is 16.9. The van der Waals surface area contributed by atoms with Gasteiger partial charge in [-0.25, -0.2) is 0 Å². The van der Waals surface area contributed by atoms with Crippen molar-refractivity contribution in [2.24, 2.45) is 0 Å². The maximum absolute atomic E-state index is 13.0. The number of aryl methyl sites for hydroxylation is 2. The van der Waals surface area contributed by atoms with E-state index in [-0.39, 0.29) is 5.91 Å². The number of nitrogens with zero attached hydrogens (tertiary/aromatic N) is 2. The van der Waals surface area contributed by atoms with Crippen LogP contribution < -0.4 is 4.90 Å². The van der Waals surface area contributed by atoms with Gasteiger partial charge in [0.2, 0.25) is 0 Å². The van der Waals surface area contributed by atoms with E-state index in [0.717, 1.165) is 22.6 Å². The van der Waals surface area contributed by atoms with Crippen molar-refractivity contribution in [1.29, 1.82) is 0 Å². The Morgan fingerprint density at radius 3 is 2.41 bits per heavy atom. The predicted molar refractivity (Wildman–Crippen MR) is 127 cm³/mol. The summed E-state index contributed by atoms with van der Waals surface area (Å²) in [6, 6.07) is 18.0. The van der Waals surface area contributed by atoms with Crippen LogP contribution in [-0.2, 0) is 4.79 Å². The maximum atomic E-state index is 13.0. The van der Waals surface area contributed by atoms with Gasteiger partial charge >= 0.3 is 0 Å². The van der Waals surface area contributed by atoms with Crippen LogP contribution in [-0.4, -0.2) is 14.8 Å². The largest absolute Gasteiger partial charge is 0.318 e. The number of benzene rings is 2. The number of thioether (sulfide) groups is 1. The van der Waals surface area contributed by atoms with Crippen LogP contribution in [0.5, 0.6) is 0 Å². The first-order valence-electron chi connectivity index (χ1n) is 9.47. The number of thiocarbonyl (C=S) groups is 1. The van der Waals surface area contributed by atoms with E-state index < -0.39 is 0 Å². The van der Waals surface area contributed by atoms with Gasteiger partial charge < -0.3 is 4.57 Å². The van der Waals surface area contributed by atoms with Crippen molar-refractivity contribution in [1.82, 2.24) is 4.57 Å². The summed E-state index contributed by atoms with van der Waals surface area (Å²) in [6.07, 6.45) is 1.96. The first kappa shape index (κ1) is 19.7. The van der Waals surface area contributed by atoms with Gasteiger partial charge in [0, 0.05) is 17.1 Å². The van der Waals surface area contributed by atoms with Crippen molar-refractivity contribution >= 4 is 46.0 Å². The third kappa shape index (κ3) is 3.45. The summed E-state index contributed by atoms with van der Waals surface area (Å²) in [5.41, 5.74) is 7.80. The SMILES string of the molecule is Cc1cccc(-n2c(C)cc(C=C3SC(=S)N(c4ccccc4)C3=O)c2C)c1C. The van der Waals surface area contributed by atoms with E-state index in [1.165, 1.54) is 28.6 Å². The van der Waals surface area contributed by atoms with Gasteiger partial charge in [0.1, 0.15) is 0 Å². The van der Waals surface area contributed by atoms with Gasteiger partial charge in [-0.15, -0.1) is 0 Å². The van der Waals surface area contributed by atoms with Crippen molar-refractivity contribution in [3.8, 4) is 5.69 Å². The molecule has 0 aliphatic carbocycles. The lowest BCUT2D eigenvalue weighted by Gasteiger charge is -2.14. The molecule has 5 heteroatoms. The minimum atomic E-state index is -0.0669.